The Labute approximate surface area is 142 Å². The first-order chi connectivity index (χ1) is 11.1. The van der Waals surface area contributed by atoms with Crippen LogP contribution in [0.15, 0.2) is 54.6 Å². The summed E-state index contributed by atoms with van der Waals surface area (Å²) in [5.74, 6) is 0. The molecule has 3 rings (SSSR count). The number of aryl methyl sites for hydroxylation is 1. The van der Waals surface area contributed by atoms with Crippen LogP contribution < -0.4 is 5.32 Å². The summed E-state index contributed by atoms with van der Waals surface area (Å²) in [5, 5.41) is 4.02. The van der Waals surface area contributed by atoms with Crippen LogP contribution in [0.3, 0.4) is 0 Å². The Morgan fingerprint density at radius 1 is 1.00 bits per heavy atom. The first-order valence-electron chi connectivity index (χ1n) is 7.79. The molecule has 0 saturated carbocycles. The number of halogens is 1. The van der Waals surface area contributed by atoms with Gasteiger partial charge in [-0.25, -0.2) is 0 Å². The summed E-state index contributed by atoms with van der Waals surface area (Å²) in [4.78, 5) is 0. The third-order valence-corrected chi connectivity index (χ3v) is 4.49. The van der Waals surface area contributed by atoms with Gasteiger partial charge in [-0.3, -0.25) is 0 Å². The molecule has 1 aromatic heterocycles. The summed E-state index contributed by atoms with van der Waals surface area (Å²) in [6.07, 6.45) is 0. The smallest absolute Gasteiger partial charge is 0.0549 e. The van der Waals surface area contributed by atoms with Crippen molar-refractivity contribution >= 4 is 11.6 Å². The third-order valence-electron chi connectivity index (χ3n) is 4.16. The Bertz CT molecular complexity index is 816. The summed E-state index contributed by atoms with van der Waals surface area (Å²) in [6.45, 7) is 5.10. The number of rotatable bonds is 4. The van der Waals surface area contributed by atoms with E-state index in [4.69, 9.17) is 11.6 Å². The van der Waals surface area contributed by atoms with E-state index in [1.165, 1.54) is 16.8 Å². The molecule has 0 aliphatic heterocycles. The van der Waals surface area contributed by atoms with Crippen molar-refractivity contribution in [3.05, 3.63) is 76.4 Å². The van der Waals surface area contributed by atoms with Gasteiger partial charge in [0, 0.05) is 28.5 Å². The zero-order valence-corrected chi connectivity index (χ0v) is 14.5. The summed E-state index contributed by atoms with van der Waals surface area (Å²) in [5.41, 5.74) is 7.11. The number of nitrogens with zero attached hydrogens (tertiary/aromatic N) is 1. The standard InChI is InChI=1S/C20H21ClN2/c1-14-8-10-17(11-9-14)23-15(2)16(13-22-3)12-20(23)18-6-4-5-7-19(18)21/h4-12,22H,13H2,1-3H3. The number of hydrogen-bond acceptors (Lipinski definition) is 1. The van der Waals surface area contributed by atoms with Crippen LogP contribution in [0.1, 0.15) is 16.8 Å². The van der Waals surface area contributed by atoms with E-state index < -0.39 is 0 Å². The van der Waals surface area contributed by atoms with Crippen LogP contribution in [0.25, 0.3) is 16.9 Å². The molecule has 2 nitrogen and oxygen atoms in total. The number of benzene rings is 2. The van der Waals surface area contributed by atoms with Crippen molar-refractivity contribution in [3.63, 3.8) is 0 Å². The molecule has 1 heterocycles. The van der Waals surface area contributed by atoms with Gasteiger partial charge in [-0.15, -0.1) is 0 Å². The fourth-order valence-corrected chi connectivity index (χ4v) is 3.15. The van der Waals surface area contributed by atoms with Gasteiger partial charge < -0.3 is 9.88 Å². The third kappa shape index (κ3) is 3.05. The Morgan fingerprint density at radius 2 is 1.70 bits per heavy atom. The predicted molar refractivity (Wildman–Crippen MR) is 98.5 cm³/mol. The molecule has 0 amide bonds. The fourth-order valence-electron chi connectivity index (χ4n) is 2.92. The number of hydrogen-bond donors (Lipinski definition) is 1. The topological polar surface area (TPSA) is 17.0 Å². The minimum absolute atomic E-state index is 0.773. The van der Waals surface area contributed by atoms with E-state index in [0.29, 0.717) is 0 Å². The van der Waals surface area contributed by atoms with E-state index >= 15 is 0 Å². The molecule has 0 atom stereocenters. The van der Waals surface area contributed by atoms with Crippen LogP contribution in [-0.2, 0) is 6.54 Å². The van der Waals surface area contributed by atoms with Gasteiger partial charge in [0.25, 0.3) is 0 Å². The Hall–Kier alpha value is -2.03. The van der Waals surface area contributed by atoms with Gasteiger partial charge in [0.15, 0.2) is 0 Å². The summed E-state index contributed by atoms with van der Waals surface area (Å²) in [6, 6.07) is 18.8. The lowest BCUT2D eigenvalue weighted by Crippen LogP contribution is -2.06. The van der Waals surface area contributed by atoms with E-state index in [9.17, 15) is 0 Å². The molecule has 23 heavy (non-hydrogen) atoms. The lowest BCUT2D eigenvalue weighted by atomic mass is 10.1. The summed E-state index contributed by atoms with van der Waals surface area (Å²) < 4.78 is 2.29. The minimum atomic E-state index is 0.773. The second-order valence-corrected chi connectivity index (χ2v) is 6.23. The van der Waals surface area contributed by atoms with Gasteiger partial charge in [-0.05, 0) is 50.7 Å². The lowest BCUT2D eigenvalue weighted by molar-refractivity contribution is 0.807. The highest BCUT2D eigenvalue weighted by Crippen LogP contribution is 2.33. The maximum atomic E-state index is 6.45. The van der Waals surface area contributed by atoms with Crippen LogP contribution in [-0.4, -0.2) is 11.6 Å². The highest BCUT2D eigenvalue weighted by atomic mass is 35.5. The average molecular weight is 325 g/mol. The maximum absolute atomic E-state index is 6.45. The van der Waals surface area contributed by atoms with Crippen LogP contribution in [0.4, 0.5) is 0 Å². The van der Waals surface area contributed by atoms with Crippen molar-refractivity contribution in [2.45, 2.75) is 20.4 Å². The number of aromatic nitrogens is 1. The van der Waals surface area contributed by atoms with E-state index in [1.54, 1.807) is 0 Å². The largest absolute Gasteiger partial charge is 0.316 e. The normalized spacial score (nSPS) is 11.0. The summed E-state index contributed by atoms with van der Waals surface area (Å²) >= 11 is 6.45. The van der Waals surface area contributed by atoms with Crippen molar-refractivity contribution in [2.24, 2.45) is 0 Å². The highest BCUT2D eigenvalue weighted by Gasteiger charge is 2.16. The molecule has 0 unspecified atom stereocenters. The average Bonchev–Trinajstić information content (AvgIpc) is 2.86. The van der Waals surface area contributed by atoms with Crippen molar-refractivity contribution in [1.82, 2.24) is 9.88 Å². The first kappa shape index (κ1) is 15.9. The van der Waals surface area contributed by atoms with E-state index in [1.807, 2.05) is 25.2 Å². The van der Waals surface area contributed by atoms with Crippen molar-refractivity contribution in [3.8, 4) is 16.9 Å². The molecule has 0 fully saturated rings. The van der Waals surface area contributed by atoms with Crippen molar-refractivity contribution in [2.75, 3.05) is 7.05 Å². The van der Waals surface area contributed by atoms with Crippen molar-refractivity contribution < 1.29 is 0 Å². The predicted octanol–water partition coefficient (Wildman–Crippen LogP) is 5.13. The number of nitrogens with one attached hydrogen (secondary N) is 1. The second-order valence-electron chi connectivity index (χ2n) is 5.82. The maximum Gasteiger partial charge on any atom is 0.0549 e. The quantitative estimate of drug-likeness (QED) is 0.703. The van der Waals surface area contributed by atoms with Gasteiger partial charge >= 0.3 is 0 Å². The Balaban J connectivity index is 2.24. The molecule has 3 aromatic rings. The Morgan fingerprint density at radius 3 is 2.35 bits per heavy atom. The molecular weight excluding hydrogens is 304 g/mol. The van der Waals surface area contributed by atoms with Gasteiger partial charge in [0.1, 0.15) is 0 Å². The summed E-state index contributed by atoms with van der Waals surface area (Å²) in [7, 11) is 1.97. The Kier molecular flexibility index (Phi) is 4.56. The van der Waals surface area contributed by atoms with E-state index in [2.05, 4.69) is 60.1 Å². The minimum Gasteiger partial charge on any atom is -0.316 e. The SMILES string of the molecule is CNCc1cc(-c2ccccc2Cl)n(-c2ccc(C)cc2)c1C. The van der Waals surface area contributed by atoms with Crippen LogP contribution in [0.2, 0.25) is 5.02 Å². The molecule has 118 valence electrons. The van der Waals surface area contributed by atoms with Crippen molar-refractivity contribution in [1.29, 1.82) is 0 Å². The molecule has 0 bridgehead atoms. The van der Waals surface area contributed by atoms with Crippen LogP contribution in [0.5, 0.6) is 0 Å². The van der Waals surface area contributed by atoms with E-state index in [-0.39, 0.29) is 0 Å². The molecule has 0 spiro atoms. The fraction of sp³-hybridized carbons (Fsp3) is 0.200. The van der Waals surface area contributed by atoms with Crippen LogP contribution >= 0.6 is 11.6 Å². The zero-order chi connectivity index (χ0) is 16.4. The van der Waals surface area contributed by atoms with Gasteiger partial charge in [0.2, 0.25) is 0 Å². The van der Waals surface area contributed by atoms with Crippen LogP contribution in [0, 0.1) is 13.8 Å². The van der Waals surface area contributed by atoms with Gasteiger partial charge in [-0.2, -0.15) is 0 Å². The van der Waals surface area contributed by atoms with Gasteiger partial charge in [0.05, 0.1) is 5.69 Å². The first-order valence-corrected chi connectivity index (χ1v) is 8.17. The lowest BCUT2D eigenvalue weighted by Gasteiger charge is -2.13. The monoisotopic (exact) mass is 324 g/mol. The highest BCUT2D eigenvalue weighted by molar-refractivity contribution is 6.33. The van der Waals surface area contributed by atoms with E-state index in [0.717, 1.165) is 28.5 Å². The molecule has 0 aliphatic carbocycles. The molecule has 3 heteroatoms. The molecule has 0 aliphatic rings. The molecule has 0 radical (unpaired) electrons. The molecular formula is C20H21ClN2. The van der Waals surface area contributed by atoms with Gasteiger partial charge in [-0.1, -0.05) is 47.5 Å². The second kappa shape index (κ2) is 6.61. The zero-order valence-electron chi connectivity index (χ0n) is 13.7. The molecule has 1 N–H and O–H groups in total. The molecule has 0 saturated heterocycles. The molecule has 2 aromatic carbocycles.